The van der Waals surface area contributed by atoms with Crippen molar-refractivity contribution in [3.63, 3.8) is 0 Å². The number of aliphatic carboxylic acids is 1. The Morgan fingerprint density at radius 3 is 2.47 bits per heavy atom. The monoisotopic (exact) mass is 267 g/mol. The molecule has 1 aromatic heterocycles. The van der Waals surface area contributed by atoms with Crippen LogP contribution in [0.15, 0.2) is 12.1 Å². The molecule has 0 aliphatic carbocycles. The number of nitrogens with zero attached hydrogens (tertiary/aromatic N) is 3. The predicted octanol–water partition coefficient (Wildman–Crippen LogP) is 0.668. The molecule has 0 bridgehead atoms. The Labute approximate surface area is 111 Å². The number of methoxy groups -OCH3 is 1. The summed E-state index contributed by atoms with van der Waals surface area (Å²) in [6.07, 6.45) is 0. The van der Waals surface area contributed by atoms with E-state index in [-0.39, 0.29) is 18.2 Å². The predicted molar refractivity (Wildman–Crippen MR) is 67.0 cm³/mol. The minimum Gasteiger partial charge on any atom is -0.480 e. The van der Waals surface area contributed by atoms with Gasteiger partial charge in [0.25, 0.3) is 5.91 Å². The number of carboxylic acids is 1. The molecule has 7 heteroatoms. The van der Waals surface area contributed by atoms with Gasteiger partial charge in [0.15, 0.2) is 5.69 Å². The van der Waals surface area contributed by atoms with Crippen LogP contribution in [0.1, 0.15) is 24.3 Å². The largest absolute Gasteiger partial charge is 0.480 e. The molecule has 1 amide bonds. The van der Waals surface area contributed by atoms with Crippen LogP contribution in [0.2, 0.25) is 0 Å². The molecule has 0 saturated heterocycles. The van der Waals surface area contributed by atoms with E-state index in [0.29, 0.717) is 12.4 Å². The molecule has 1 rings (SSSR count). The summed E-state index contributed by atoms with van der Waals surface area (Å²) in [6.45, 7) is 3.80. The molecular formula is C12H17N3O4. The van der Waals surface area contributed by atoms with E-state index in [1.807, 2.05) is 13.8 Å². The van der Waals surface area contributed by atoms with Crippen LogP contribution < -0.4 is 4.74 Å². The van der Waals surface area contributed by atoms with Crippen molar-refractivity contribution in [2.24, 2.45) is 5.92 Å². The van der Waals surface area contributed by atoms with E-state index in [1.54, 1.807) is 0 Å². The highest BCUT2D eigenvalue weighted by molar-refractivity contribution is 5.94. The number of ether oxygens (including phenoxy) is 1. The lowest BCUT2D eigenvalue weighted by Crippen LogP contribution is -2.38. The molecule has 0 unspecified atom stereocenters. The molecular weight excluding hydrogens is 250 g/mol. The second-order valence-corrected chi connectivity index (χ2v) is 4.43. The van der Waals surface area contributed by atoms with Gasteiger partial charge in [-0.2, -0.15) is 0 Å². The van der Waals surface area contributed by atoms with Crippen LogP contribution in [0.25, 0.3) is 0 Å². The highest BCUT2D eigenvalue weighted by Gasteiger charge is 2.21. The standard InChI is InChI=1S/C12H17N3O4/c1-8(2)6-15(7-11(16)17)12(18)9-4-5-10(19-3)14-13-9/h4-5,8H,6-7H2,1-3H3,(H,16,17). The molecule has 0 spiro atoms. The van der Waals surface area contributed by atoms with Crippen molar-refractivity contribution in [3.05, 3.63) is 17.8 Å². The lowest BCUT2D eigenvalue weighted by atomic mass is 10.2. The van der Waals surface area contributed by atoms with Gasteiger partial charge >= 0.3 is 5.97 Å². The maximum atomic E-state index is 12.1. The van der Waals surface area contributed by atoms with Crippen molar-refractivity contribution in [1.29, 1.82) is 0 Å². The molecule has 1 heterocycles. The second kappa shape index (κ2) is 6.67. The van der Waals surface area contributed by atoms with Crippen LogP contribution in [-0.4, -0.2) is 52.3 Å². The molecule has 0 aliphatic rings. The lowest BCUT2D eigenvalue weighted by molar-refractivity contribution is -0.137. The minimum absolute atomic E-state index is 0.0997. The molecule has 0 fully saturated rings. The number of hydrogen-bond donors (Lipinski definition) is 1. The van der Waals surface area contributed by atoms with Crippen molar-refractivity contribution in [3.8, 4) is 5.88 Å². The van der Waals surface area contributed by atoms with Gasteiger partial charge in [-0.1, -0.05) is 13.8 Å². The van der Waals surface area contributed by atoms with E-state index < -0.39 is 11.9 Å². The number of rotatable bonds is 6. The number of aromatic nitrogens is 2. The van der Waals surface area contributed by atoms with E-state index in [9.17, 15) is 9.59 Å². The van der Waals surface area contributed by atoms with Crippen molar-refractivity contribution in [1.82, 2.24) is 15.1 Å². The average Bonchev–Trinajstić information content (AvgIpc) is 2.36. The molecule has 1 aromatic rings. The van der Waals surface area contributed by atoms with Gasteiger partial charge in [0.1, 0.15) is 6.54 Å². The first-order valence-corrected chi connectivity index (χ1v) is 5.82. The van der Waals surface area contributed by atoms with Crippen LogP contribution >= 0.6 is 0 Å². The average molecular weight is 267 g/mol. The Morgan fingerprint density at radius 2 is 2.05 bits per heavy atom. The molecule has 104 valence electrons. The van der Waals surface area contributed by atoms with Crippen LogP contribution in [0.5, 0.6) is 5.88 Å². The number of carbonyl (C=O) groups excluding carboxylic acids is 1. The van der Waals surface area contributed by atoms with Crippen LogP contribution in [0.4, 0.5) is 0 Å². The van der Waals surface area contributed by atoms with Gasteiger partial charge in [0.05, 0.1) is 7.11 Å². The maximum Gasteiger partial charge on any atom is 0.323 e. The van der Waals surface area contributed by atoms with Gasteiger partial charge in [0.2, 0.25) is 5.88 Å². The van der Waals surface area contributed by atoms with Gasteiger partial charge in [-0.05, 0) is 12.0 Å². The Kier molecular flexibility index (Phi) is 5.23. The molecule has 0 aliphatic heterocycles. The molecule has 0 saturated carbocycles. The van der Waals surface area contributed by atoms with Gasteiger partial charge in [-0.15, -0.1) is 10.2 Å². The quantitative estimate of drug-likeness (QED) is 0.814. The fourth-order valence-electron chi connectivity index (χ4n) is 1.53. The highest BCUT2D eigenvalue weighted by Crippen LogP contribution is 2.08. The third kappa shape index (κ3) is 4.53. The Bertz CT molecular complexity index is 445. The molecule has 7 nitrogen and oxygen atoms in total. The topological polar surface area (TPSA) is 92.6 Å². The lowest BCUT2D eigenvalue weighted by Gasteiger charge is -2.22. The smallest absolute Gasteiger partial charge is 0.323 e. The summed E-state index contributed by atoms with van der Waals surface area (Å²) in [5.41, 5.74) is 0.0997. The van der Waals surface area contributed by atoms with Crippen LogP contribution in [-0.2, 0) is 4.79 Å². The Hall–Kier alpha value is -2.18. The molecule has 1 N–H and O–H groups in total. The summed E-state index contributed by atoms with van der Waals surface area (Å²) in [7, 11) is 1.45. The van der Waals surface area contributed by atoms with Crippen molar-refractivity contribution in [2.75, 3.05) is 20.2 Å². The first kappa shape index (κ1) is 14.9. The molecule has 0 aromatic carbocycles. The van der Waals surface area contributed by atoms with Crippen molar-refractivity contribution < 1.29 is 19.4 Å². The first-order valence-electron chi connectivity index (χ1n) is 5.82. The summed E-state index contributed by atoms with van der Waals surface area (Å²) >= 11 is 0. The third-order valence-corrected chi connectivity index (χ3v) is 2.27. The Morgan fingerprint density at radius 1 is 1.37 bits per heavy atom. The summed E-state index contributed by atoms with van der Waals surface area (Å²) in [5, 5.41) is 16.2. The SMILES string of the molecule is COc1ccc(C(=O)N(CC(=O)O)CC(C)C)nn1. The van der Waals surface area contributed by atoms with Gasteiger partial charge < -0.3 is 14.7 Å². The van der Waals surface area contributed by atoms with Gasteiger partial charge in [-0.3, -0.25) is 9.59 Å². The van der Waals surface area contributed by atoms with Crippen molar-refractivity contribution in [2.45, 2.75) is 13.8 Å². The van der Waals surface area contributed by atoms with Gasteiger partial charge in [0, 0.05) is 12.6 Å². The van der Waals surface area contributed by atoms with E-state index in [2.05, 4.69) is 10.2 Å². The van der Waals surface area contributed by atoms with E-state index >= 15 is 0 Å². The van der Waals surface area contributed by atoms with Crippen LogP contribution in [0, 0.1) is 5.92 Å². The normalized spacial score (nSPS) is 10.3. The fraction of sp³-hybridized carbons (Fsp3) is 0.500. The zero-order valence-electron chi connectivity index (χ0n) is 11.2. The Balaban J connectivity index is 2.87. The highest BCUT2D eigenvalue weighted by atomic mass is 16.5. The van der Waals surface area contributed by atoms with E-state index in [0.717, 1.165) is 0 Å². The molecule has 19 heavy (non-hydrogen) atoms. The maximum absolute atomic E-state index is 12.1. The number of carbonyl (C=O) groups is 2. The summed E-state index contributed by atoms with van der Waals surface area (Å²) in [5.74, 6) is -1.05. The zero-order valence-corrected chi connectivity index (χ0v) is 11.2. The van der Waals surface area contributed by atoms with E-state index in [1.165, 1.54) is 24.1 Å². The number of carboxylic acid groups (broad SMARTS) is 1. The van der Waals surface area contributed by atoms with Crippen LogP contribution in [0.3, 0.4) is 0 Å². The number of amides is 1. The summed E-state index contributed by atoms with van der Waals surface area (Å²) in [4.78, 5) is 24.2. The zero-order chi connectivity index (χ0) is 14.4. The minimum atomic E-state index is -1.06. The van der Waals surface area contributed by atoms with Gasteiger partial charge in [-0.25, -0.2) is 0 Å². The third-order valence-electron chi connectivity index (χ3n) is 2.27. The molecule has 0 atom stereocenters. The first-order chi connectivity index (χ1) is 8.93. The second-order valence-electron chi connectivity index (χ2n) is 4.43. The molecule has 0 radical (unpaired) electrons. The summed E-state index contributed by atoms with van der Waals surface area (Å²) in [6, 6.07) is 2.97. The number of hydrogen-bond acceptors (Lipinski definition) is 5. The summed E-state index contributed by atoms with van der Waals surface area (Å²) < 4.78 is 4.85. The van der Waals surface area contributed by atoms with E-state index in [4.69, 9.17) is 9.84 Å². The fourth-order valence-corrected chi connectivity index (χ4v) is 1.53. The van der Waals surface area contributed by atoms with Crippen molar-refractivity contribution >= 4 is 11.9 Å².